The van der Waals surface area contributed by atoms with Crippen LogP contribution in [-0.2, 0) is 0 Å². The molecule has 2 aromatic rings. The van der Waals surface area contributed by atoms with Gasteiger partial charge in [0.2, 0.25) is 5.82 Å². The summed E-state index contributed by atoms with van der Waals surface area (Å²) in [6.45, 7) is 4.92. The SMILES string of the molecule is CC(C)(CCO)CNc1nc(-c2cccc(Cl)c2)no1. The second kappa shape index (κ2) is 6.24. The van der Waals surface area contributed by atoms with Gasteiger partial charge < -0.3 is 14.9 Å². The maximum Gasteiger partial charge on any atom is 0.321 e. The number of aliphatic hydroxyl groups is 1. The highest BCUT2D eigenvalue weighted by molar-refractivity contribution is 6.30. The lowest BCUT2D eigenvalue weighted by molar-refractivity contribution is 0.219. The molecule has 20 heavy (non-hydrogen) atoms. The summed E-state index contributed by atoms with van der Waals surface area (Å²) < 4.78 is 5.15. The molecule has 0 radical (unpaired) electrons. The molecule has 0 spiro atoms. The van der Waals surface area contributed by atoms with E-state index in [0.717, 1.165) is 5.56 Å². The lowest BCUT2D eigenvalue weighted by Crippen LogP contribution is -2.24. The van der Waals surface area contributed by atoms with Crippen molar-refractivity contribution in [1.29, 1.82) is 0 Å². The van der Waals surface area contributed by atoms with Crippen LogP contribution in [0.3, 0.4) is 0 Å². The van der Waals surface area contributed by atoms with E-state index in [1.165, 1.54) is 0 Å². The Hall–Kier alpha value is -1.59. The number of nitrogens with zero attached hydrogens (tertiary/aromatic N) is 2. The van der Waals surface area contributed by atoms with Crippen molar-refractivity contribution < 1.29 is 9.63 Å². The fourth-order valence-electron chi connectivity index (χ4n) is 1.75. The molecular formula is C14H18ClN3O2. The van der Waals surface area contributed by atoms with Crippen molar-refractivity contribution in [1.82, 2.24) is 10.1 Å². The van der Waals surface area contributed by atoms with E-state index >= 15 is 0 Å². The van der Waals surface area contributed by atoms with E-state index in [-0.39, 0.29) is 12.0 Å². The van der Waals surface area contributed by atoms with E-state index < -0.39 is 0 Å². The summed E-state index contributed by atoms with van der Waals surface area (Å²) >= 11 is 5.93. The van der Waals surface area contributed by atoms with Gasteiger partial charge in [-0.3, -0.25) is 0 Å². The van der Waals surface area contributed by atoms with E-state index in [1.54, 1.807) is 12.1 Å². The molecule has 0 amide bonds. The van der Waals surface area contributed by atoms with Crippen LogP contribution in [0.5, 0.6) is 0 Å². The molecule has 0 saturated carbocycles. The summed E-state index contributed by atoms with van der Waals surface area (Å²) in [4.78, 5) is 4.27. The Morgan fingerprint density at radius 1 is 1.40 bits per heavy atom. The fraction of sp³-hybridized carbons (Fsp3) is 0.429. The van der Waals surface area contributed by atoms with Crippen molar-refractivity contribution in [3.8, 4) is 11.4 Å². The fourth-order valence-corrected chi connectivity index (χ4v) is 1.94. The van der Waals surface area contributed by atoms with Gasteiger partial charge in [-0.05, 0) is 24.0 Å². The molecule has 0 saturated heterocycles. The first kappa shape index (κ1) is 14.8. The third kappa shape index (κ3) is 3.95. The lowest BCUT2D eigenvalue weighted by atomic mass is 9.90. The number of hydrogen-bond acceptors (Lipinski definition) is 5. The summed E-state index contributed by atoms with van der Waals surface area (Å²) in [5.74, 6) is 0.495. The number of nitrogens with one attached hydrogen (secondary N) is 1. The molecule has 108 valence electrons. The van der Waals surface area contributed by atoms with Gasteiger partial charge in [-0.25, -0.2) is 0 Å². The van der Waals surface area contributed by atoms with E-state index in [9.17, 15) is 0 Å². The first-order valence-electron chi connectivity index (χ1n) is 6.44. The predicted octanol–water partition coefficient (Wildman–Crippen LogP) is 3.21. The minimum absolute atomic E-state index is 0.0422. The van der Waals surface area contributed by atoms with Gasteiger partial charge in [0.05, 0.1) is 0 Å². The topological polar surface area (TPSA) is 71.2 Å². The first-order chi connectivity index (χ1) is 9.50. The van der Waals surface area contributed by atoms with Crippen molar-refractivity contribution in [2.45, 2.75) is 20.3 Å². The molecule has 0 aliphatic carbocycles. The highest BCUT2D eigenvalue weighted by Crippen LogP contribution is 2.23. The van der Waals surface area contributed by atoms with Gasteiger partial charge in [-0.2, -0.15) is 4.98 Å². The minimum atomic E-state index is -0.0422. The summed E-state index contributed by atoms with van der Waals surface area (Å²) in [6, 6.07) is 7.65. The van der Waals surface area contributed by atoms with E-state index in [2.05, 4.69) is 29.3 Å². The highest BCUT2D eigenvalue weighted by Gasteiger charge is 2.18. The molecule has 0 aliphatic heterocycles. The predicted molar refractivity (Wildman–Crippen MR) is 78.7 cm³/mol. The molecule has 5 nitrogen and oxygen atoms in total. The Morgan fingerprint density at radius 3 is 2.90 bits per heavy atom. The van der Waals surface area contributed by atoms with Crippen LogP contribution in [-0.4, -0.2) is 28.4 Å². The number of aliphatic hydroxyl groups excluding tert-OH is 1. The number of hydrogen-bond donors (Lipinski definition) is 2. The zero-order valence-electron chi connectivity index (χ0n) is 11.6. The van der Waals surface area contributed by atoms with Crippen molar-refractivity contribution in [3.05, 3.63) is 29.3 Å². The molecule has 2 N–H and O–H groups in total. The smallest absolute Gasteiger partial charge is 0.321 e. The standard InChI is InChI=1S/C14H18ClN3O2/c1-14(2,6-7-19)9-16-13-17-12(18-20-13)10-4-3-5-11(15)8-10/h3-5,8,19H,6-7,9H2,1-2H3,(H,16,17,18). The summed E-state index contributed by atoms with van der Waals surface area (Å²) in [6.07, 6.45) is 0.704. The van der Waals surface area contributed by atoms with Gasteiger partial charge in [0, 0.05) is 23.7 Å². The summed E-state index contributed by atoms with van der Waals surface area (Å²) in [7, 11) is 0. The quantitative estimate of drug-likeness (QED) is 0.856. The van der Waals surface area contributed by atoms with Crippen molar-refractivity contribution in [3.63, 3.8) is 0 Å². The number of halogens is 1. The van der Waals surface area contributed by atoms with Gasteiger partial charge in [0.25, 0.3) is 0 Å². The normalized spacial score (nSPS) is 11.6. The maximum absolute atomic E-state index is 8.99. The Morgan fingerprint density at radius 2 is 2.20 bits per heavy atom. The van der Waals surface area contributed by atoms with Gasteiger partial charge in [0.1, 0.15) is 0 Å². The Balaban J connectivity index is 2.03. The monoisotopic (exact) mass is 295 g/mol. The zero-order chi connectivity index (χ0) is 14.6. The van der Waals surface area contributed by atoms with Crippen LogP contribution in [0, 0.1) is 5.41 Å². The van der Waals surface area contributed by atoms with Crippen LogP contribution in [0.25, 0.3) is 11.4 Å². The second-order valence-electron chi connectivity index (χ2n) is 5.42. The van der Waals surface area contributed by atoms with E-state index in [0.29, 0.717) is 29.8 Å². The van der Waals surface area contributed by atoms with Crippen LogP contribution in [0.15, 0.2) is 28.8 Å². The molecular weight excluding hydrogens is 278 g/mol. The van der Waals surface area contributed by atoms with Gasteiger partial charge in [0.15, 0.2) is 0 Å². The highest BCUT2D eigenvalue weighted by atomic mass is 35.5. The average molecular weight is 296 g/mol. The third-order valence-electron chi connectivity index (χ3n) is 3.02. The summed E-state index contributed by atoms with van der Waals surface area (Å²) in [5.41, 5.74) is 0.767. The van der Waals surface area contributed by atoms with Crippen LogP contribution in [0.4, 0.5) is 6.01 Å². The molecule has 2 rings (SSSR count). The molecule has 0 fully saturated rings. The molecule has 0 atom stereocenters. The summed E-state index contributed by atoms with van der Waals surface area (Å²) in [5, 5.41) is 16.6. The number of aromatic nitrogens is 2. The van der Waals surface area contributed by atoms with Crippen molar-refractivity contribution in [2.75, 3.05) is 18.5 Å². The third-order valence-corrected chi connectivity index (χ3v) is 3.25. The number of benzene rings is 1. The van der Waals surface area contributed by atoms with Crippen LogP contribution >= 0.6 is 11.6 Å². The van der Waals surface area contributed by atoms with Crippen LogP contribution in [0.2, 0.25) is 5.02 Å². The van der Waals surface area contributed by atoms with E-state index in [4.69, 9.17) is 21.2 Å². The Kier molecular flexibility index (Phi) is 4.62. The maximum atomic E-state index is 8.99. The molecule has 0 unspecified atom stereocenters. The first-order valence-corrected chi connectivity index (χ1v) is 6.82. The largest absolute Gasteiger partial charge is 0.396 e. The van der Waals surface area contributed by atoms with Crippen LogP contribution in [0.1, 0.15) is 20.3 Å². The Bertz CT molecular complexity index is 569. The molecule has 6 heteroatoms. The lowest BCUT2D eigenvalue weighted by Gasteiger charge is -2.22. The number of anilines is 1. The molecule has 0 bridgehead atoms. The Labute approximate surface area is 123 Å². The number of rotatable bonds is 6. The van der Waals surface area contributed by atoms with Crippen molar-refractivity contribution in [2.24, 2.45) is 5.41 Å². The molecule has 0 aliphatic rings. The minimum Gasteiger partial charge on any atom is -0.396 e. The van der Waals surface area contributed by atoms with Crippen molar-refractivity contribution >= 4 is 17.6 Å². The van der Waals surface area contributed by atoms with Gasteiger partial charge in [-0.1, -0.05) is 42.7 Å². The van der Waals surface area contributed by atoms with Gasteiger partial charge >= 0.3 is 6.01 Å². The van der Waals surface area contributed by atoms with Gasteiger partial charge in [-0.15, -0.1) is 0 Å². The molecule has 1 aromatic carbocycles. The average Bonchev–Trinajstić information content (AvgIpc) is 2.85. The van der Waals surface area contributed by atoms with Crippen LogP contribution < -0.4 is 5.32 Å². The molecule has 1 heterocycles. The molecule has 1 aromatic heterocycles. The van der Waals surface area contributed by atoms with E-state index in [1.807, 2.05) is 12.1 Å². The second-order valence-corrected chi connectivity index (χ2v) is 5.86. The zero-order valence-corrected chi connectivity index (χ0v) is 12.3.